The predicted molar refractivity (Wildman–Crippen MR) is 73.0 cm³/mol. The summed E-state index contributed by atoms with van der Waals surface area (Å²) in [6.45, 7) is 2.40. The average Bonchev–Trinajstić information content (AvgIpc) is 2.45. The maximum Gasteiger partial charge on any atom is 0.233 e. The largest absolute Gasteiger partial charge is 0.508 e. The summed E-state index contributed by atoms with van der Waals surface area (Å²) in [6.07, 6.45) is 0.823. The van der Waals surface area contributed by atoms with Crippen molar-refractivity contribution in [1.29, 1.82) is 0 Å². The molecular formula is C13H16N2O3S. The fourth-order valence-corrected chi connectivity index (χ4v) is 2.74. The van der Waals surface area contributed by atoms with Crippen molar-refractivity contribution in [2.45, 2.75) is 4.90 Å². The number of phenols is 1. The van der Waals surface area contributed by atoms with Crippen molar-refractivity contribution >= 4 is 24.1 Å². The van der Waals surface area contributed by atoms with Gasteiger partial charge < -0.3 is 14.9 Å². The molecule has 1 aromatic rings. The number of carbonyl (C=O) groups is 2. The van der Waals surface area contributed by atoms with Crippen LogP contribution in [0.15, 0.2) is 29.2 Å². The summed E-state index contributed by atoms with van der Waals surface area (Å²) in [6, 6.07) is 6.86. The molecule has 1 heterocycles. The first-order valence-electron chi connectivity index (χ1n) is 6.08. The summed E-state index contributed by atoms with van der Waals surface area (Å²) in [5, 5.41) is 9.34. The molecule has 0 aliphatic carbocycles. The van der Waals surface area contributed by atoms with Crippen molar-refractivity contribution in [2.24, 2.45) is 0 Å². The zero-order chi connectivity index (χ0) is 13.7. The first-order chi connectivity index (χ1) is 9.19. The number of hydrogen-bond donors (Lipinski definition) is 1. The lowest BCUT2D eigenvalue weighted by Crippen LogP contribution is -2.48. The highest BCUT2D eigenvalue weighted by atomic mass is 32.2. The minimum Gasteiger partial charge on any atom is -0.508 e. The predicted octanol–water partition coefficient (Wildman–Crippen LogP) is 0.785. The number of carbonyl (C=O) groups excluding carboxylic acids is 2. The van der Waals surface area contributed by atoms with Gasteiger partial charge in [0.15, 0.2) is 0 Å². The van der Waals surface area contributed by atoms with E-state index in [0.717, 1.165) is 11.3 Å². The fraction of sp³-hybridized carbons (Fsp3) is 0.385. The van der Waals surface area contributed by atoms with E-state index in [4.69, 9.17) is 0 Å². The maximum absolute atomic E-state index is 12.0. The van der Waals surface area contributed by atoms with Crippen molar-refractivity contribution in [3.8, 4) is 5.75 Å². The van der Waals surface area contributed by atoms with Crippen LogP contribution in [0.25, 0.3) is 0 Å². The monoisotopic (exact) mass is 280 g/mol. The third kappa shape index (κ3) is 3.89. The topological polar surface area (TPSA) is 60.9 Å². The van der Waals surface area contributed by atoms with E-state index in [1.807, 2.05) is 6.07 Å². The summed E-state index contributed by atoms with van der Waals surface area (Å²) in [7, 11) is 0. The normalized spacial score (nSPS) is 15.4. The lowest BCUT2D eigenvalue weighted by Gasteiger charge is -2.32. The average molecular weight is 280 g/mol. The molecule has 1 aliphatic heterocycles. The molecular weight excluding hydrogens is 264 g/mol. The van der Waals surface area contributed by atoms with Crippen molar-refractivity contribution < 1.29 is 14.7 Å². The summed E-state index contributed by atoms with van der Waals surface area (Å²) in [5.74, 6) is 0.626. The minimum atomic E-state index is 0.0684. The van der Waals surface area contributed by atoms with Crippen LogP contribution in [0.5, 0.6) is 5.75 Å². The van der Waals surface area contributed by atoms with Crippen LogP contribution in [0.1, 0.15) is 0 Å². The molecule has 2 rings (SSSR count). The molecule has 1 N–H and O–H groups in total. The lowest BCUT2D eigenvalue weighted by molar-refractivity contribution is -0.132. The number of benzene rings is 1. The molecule has 0 atom stereocenters. The summed E-state index contributed by atoms with van der Waals surface area (Å²) in [4.78, 5) is 26.9. The van der Waals surface area contributed by atoms with Crippen molar-refractivity contribution in [3.63, 3.8) is 0 Å². The first kappa shape index (κ1) is 13.7. The van der Waals surface area contributed by atoms with Crippen molar-refractivity contribution in [3.05, 3.63) is 24.3 Å². The van der Waals surface area contributed by atoms with Crippen LogP contribution in [0.4, 0.5) is 0 Å². The van der Waals surface area contributed by atoms with Crippen LogP contribution in [0.3, 0.4) is 0 Å². The Morgan fingerprint density at radius 2 is 2.05 bits per heavy atom. The summed E-state index contributed by atoms with van der Waals surface area (Å²) >= 11 is 1.41. The molecule has 0 spiro atoms. The molecule has 102 valence electrons. The molecule has 1 aliphatic rings. The third-order valence-electron chi connectivity index (χ3n) is 3.00. The van der Waals surface area contributed by atoms with Gasteiger partial charge >= 0.3 is 0 Å². The van der Waals surface area contributed by atoms with Crippen LogP contribution >= 0.6 is 11.8 Å². The van der Waals surface area contributed by atoms with Gasteiger partial charge in [-0.3, -0.25) is 9.59 Å². The number of phenolic OH excluding ortho intramolecular Hbond substituents is 1. The zero-order valence-electron chi connectivity index (χ0n) is 10.5. The van der Waals surface area contributed by atoms with Gasteiger partial charge in [0, 0.05) is 31.1 Å². The molecule has 5 nitrogen and oxygen atoms in total. The number of rotatable bonds is 4. The number of amides is 2. The Balaban J connectivity index is 1.80. The molecule has 0 unspecified atom stereocenters. The summed E-state index contributed by atoms with van der Waals surface area (Å²) < 4.78 is 0. The van der Waals surface area contributed by atoms with Crippen LogP contribution in [-0.2, 0) is 9.59 Å². The van der Waals surface area contributed by atoms with Crippen molar-refractivity contribution in [2.75, 3.05) is 31.9 Å². The quantitative estimate of drug-likeness (QED) is 0.654. The number of nitrogens with zero attached hydrogens (tertiary/aromatic N) is 2. The maximum atomic E-state index is 12.0. The van der Waals surface area contributed by atoms with E-state index in [-0.39, 0.29) is 11.7 Å². The number of piperazine rings is 1. The van der Waals surface area contributed by atoms with Gasteiger partial charge in [-0.2, -0.15) is 0 Å². The third-order valence-corrected chi connectivity index (χ3v) is 3.97. The van der Waals surface area contributed by atoms with Gasteiger partial charge in [0.2, 0.25) is 12.3 Å². The Kier molecular flexibility index (Phi) is 4.68. The van der Waals surface area contributed by atoms with E-state index in [1.54, 1.807) is 28.0 Å². The van der Waals surface area contributed by atoms with E-state index in [2.05, 4.69) is 0 Å². The lowest BCUT2D eigenvalue weighted by atomic mass is 10.3. The van der Waals surface area contributed by atoms with Gasteiger partial charge in [-0.1, -0.05) is 6.07 Å². The number of thioether (sulfide) groups is 1. The molecule has 0 radical (unpaired) electrons. The molecule has 0 bridgehead atoms. The van der Waals surface area contributed by atoms with Gasteiger partial charge in [-0.05, 0) is 18.2 Å². The second-order valence-electron chi connectivity index (χ2n) is 4.31. The van der Waals surface area contributed by atoms with Crippen LogP contribution in [0.2, 0.25) is 0 Å². The van der Waals surface area contributed by atoms with E-state index in [9.17, 15) is 14.7 Å². The van der Waals surface area contributed by atoms with Crippen LogP contribution < -0.4 is 0 Å². The molecule has 1 aromatic carbocycles. The molecule has 6 heteroatoms. The van der Waals surface area contributed by atoms with Crippen LogP contribution in [0, 0.1) is 0 Å². The van der Waals surface area contributed by atoms with Gasteiger partial charge in [0.25, 0.3) is 0 Å². The number of aromatic hydroxyl groups is 1. The van der Waals surface area contributed by atoms with E-state index in [1.165, 1.54) is 11.8 Å². The number of hydrogen-bond acceptors (Lipinski definition) is 4. The SMILES string of the molecule is O=CN1CCN(C(=O)CSc2cccc(O)c2)CC1. The summed E-state index contributed by atoms with van der Waals surface area (Å²) in [5.41, 5.74) is 0. The van der Waals surface area contributed by atoms with Gasteiger partial charge in [-0.15, -0.1) is 11.8 Å². The molecule has 1 saturated heterocycles. The Bertz CT molecular complexity index is 459. The van der Waals surface area contributed by atoms with Gasteiger partial charge in [0.05, 0.1) is 5.75 Å². The molecule has 0 saturated carbocycles. The second-order valence-corrected chi connectivity index (χ2v) is 5.36. The Labute approximate surface area is 116 Å². The second kappa shape index (κ2) is 6.47. The Hall–Kier alpha value is -1.69. The standard InChI is InChI=1S/C13H16N2O3S/c16-10-14-4-6-15(7-5-14)13(18)9-19-12-3-1-2-11(17)8-12/h1-3,8,10,17H,4-7,9H2. The van der Waals surface area contributed by atoms with E-state index >= 15 is 0 Å². The Morgan fingerprint density at radius 1 is 1.32 bits per heavy atom. The minimum absolute atomic E-state index is 0.0684. The highest BCUT2D eigenvalue weighted by Gasteiger charge is 2.19. The Morgan fingerprint density at radius 3 is 2.68 bits per heavy atom. The van der Waals surface area contributed by atoms with E-state index < -0.39 is 0 Å². The van der Waals surface area contributed by atoms with E-state index in [0.29, 0.717) is 31.9 Å². The molecule has 2 amide bonds. The first-order valence-corrected chi connectivity index (χ1v) is 7.06. The smallest absolute Gasteiger partial charge is 0.233 e. The van der Waals surface area contributed by atoms with Gasteiger partial charge in [0.1, 0.15) is 5.75 Å². The molecule has 1 fully saturated rings. The fourth-order valence-electron chi connectivity index (χ4n) is 1.89. The highest BCUT2D eigenvalue weighted by molar-refractivity contribution is 8.00. The zero-order valence-corrected chi connectivity index (χ0v) is 11.3. The molecule has 19 heavy (non-hydrogen) atoms. The van der Waals surface area contributed by atoms with Crippen molar-refractivity contribution in [1.82, 2.24) is 9.80 Å². The van der Waals surface area contributed by atoms with Crippen LogP contribution in [-0.4, -0.2) is 59.2 Å². The highest BCUT2D eigenvalue weighted by Crippen LogP contribution is 2.22. The van der Waals surface area contributed by atoms with Gasteiger partial charge in [-0.25, -0.2) is 0 Å². The molecule has 0 aromatic heterocycles.